The Morgan fingerprint density at radius 1 is 1.40 bits per heavy atom. The number of hydrogen-bond acceptors (Lipinski definition) is 6. The number of carbonyl (C=O) groups excluding carboxylic acids is 1. The smallest absolute Gasteiger partial charge is 0.331 e. The summed E-state index contributed by atoms with van der Waals surface area (Å²) in [7, 11) is 1.38. The zero-order valence-corrected chi connectivity index (χ0v) is 12.8. The molecule has 1 unspecified atom stereocenters. The van der Waals surface area contributed by atoms with Crippen LogP contribution in [-0.4, -0.2) is 35.2 Å². The second-order valence-corrected chi connectivity index (χ2v) is 4.77. The SMILES string of the molecule is CCCC(C)(Nc1cc(OCC)nc(C)n1)C(=O)OC. The van der Waals surface area contributed by atoms with Gasteiger partial charge in [-0.15, -0.1) is 0 Å². The standard InChI is InChI=1S/C14H23N3O3/c1-6-8-14(4,13(18)19-5)17-11-9-12(20-7-2)16-10(3)15-11/h9H,6-8H2,1-5H3,(H,15,16,17). The second-order valence-electron chi connectivity index (χ2n) is 4.77. The van der Waals surface area contributed by atoms with Crippen LogP contribution in [0.4, 0.5) is 5.82 Å². The van der Waals surface area contributed by atoms with E-state index in [1.807, 2.05) is 13.8 Å². The Morgan fingerprint density at radius 2 is 2.10 bits per heavy atom. The molecule has 1 heterocycles. The fourth-order valence-corrected chi connectivity index (χ4v) is 2.05. The molecule has 0 amide bonds. The van der Waals surface area contributed by atoms with Crippen LogP contribution < -0.4 is 10.1 Å². The molecule has 0 aliphatic heterocycles. The molecule has 0 aliphatic rings. The maximum Gasteiger partial charge on any atom is 0.331 e. The largest absolute Gasteiger partial charge is 0.478 e. The van der Waals surface area contributed by atoms with Crippen LogP contribution in [0.15, 0.2) is 6.07 Å². The van der Waals surface area contributed by atoms with Crippen molar-refractivity contribution >= 4 is 11.8 Å². The van der Waals surface area contributed by atoms with E-state index < -0.39 is 5.54 Å². The number of aryl methyl sites for hydroxylation is 1. The van der Waals surface area contributed by atoms with Crippen molar-refractivity contribution < 1.29 is 14.3 Å². The quantitative estimate of drug-likeness (QED) is 0.773. The van der Waals surface area contributed by atoms with E-state index in [4.69, 9.17) is 9.47 Å². The molecule has 0 bridgehead atoms. The Balaban J connectivity index is 3.01. The molecule has 0 spiro atoms. The van der Waals surface area contributed by atoms with Gasteiger partial charge >= 0.3 is 5.97 Å². The number of rotatable bonds is 7. The summed E-state index contributed by atoms with van der Waals surface area (Å²) in [5.41, 5.74) is -0.812. The van der Waals surface area contributed by atoms with Gasteiger partial charge in [-0.05, 0) is 27.2 Å². The molecule has 0 saturated heterocycles. The van der Waals surface area contributed by atoms with Crippen LogP contribution in [0.2, 0.25) is 0 Å². The maximum absolute atomic E-state index is 12.0. The molecule has 1 N–H and O–H groups in total. The molecule has 1 aromatic rings. The van der Waals surface area contributed by atoms with E-state index >= 15 is 0 Å². The molecule has 0 saturated carbocycles. The van der Waals surface area contributed by atoms with Gasteiger partial charge in [0.25, 0.3) is 0 Å². The van der Waals surface area contributed by atoms with Crippen molar-refractivity contribution in [1.29, 1.82) is 0 Å². The molecule has 0 aromatic carbocycles. The minimum atomic E-state index is -0.812. The normalized spacial score (nSPS) is 13.4. The average Bonchev–Trinajstić information content (AvgIpc) is 2.37. The van der Waals surface area contributed by atoms with Crippen LogP contribution in [0.25, 0.3) is 0 Å². The van der Waals surface area contributed by atoms with Gasteiger partial charge in [0.15, 0.2) is 0 Å². The lowest BCUT2D eigenvalue weighted by Crippen LogP contribution is -2.44. The Morgan fingerprint density at radius 3 is 2.65 bits per heavy atom. The van der Waals surface area contributed by atoms with Crippen molar-refractivity contribution in [3.8, 4) is 5.88 Å². The summed E-state index contributed by atoms with van der Waals surface area (Å²) in [6.07, 6.45) is 1.49. The van der Waals surface area contributed by atoms with E-state index in [2.05, 4.69) is 15.3 Å². The number of ether oxygens (including phenoxy) is 2. The Kier molecular flexibility index (Phi) is 5.73. The molecular weight excluding hydrogens is 258 g/mol. The maximum atomic E-state index is 12.0. The first-order chi connectivity index (χ1) is 9.45. The summed E-state index contributed by atoms with van der Waals surface area (Å²) < 4.78 is 10.3. The van der Waals surface area contributed by atoms with Crippen molar-refractivity contribution in [3.05, 3.63) is 11.9 Å². The van der Waals surface area contributed by atoms with E-state index in [9.17, 15) is 4.79 Å². The lowest BCUT2D eigenvalue weighted by molar-refractivity contribution is -0.145. The third kappa shape index (κ3) is 4.08. The number of carbonyl (C=O) groups is 1. The summed E-state index contributed by atoms with van der Waals surface area (Å²) in [6, 6.07) is 1.69. The van der Waals surface area contributed by atoms with Gasteiger partial charge in [-0.2, -0.15) is 4.98 Å². The Labute approximate surface area is 119 Å². The summed E-state index contributed by atoms with van der Waals surface area (Å²) >= 11 is 0. The topological polar surface area (TPSA) is 73.3 Å². The van der Waals surface area contributed by atoms with Crippen molar-refractivity contribution in [2.75, 3.05) is 19.0 Å². The van der Waals surface area contributed by atoms with Crippen molar-refractivity contribution in [3.63, 3.8) is 0 Å². The van der Waals surface area contributed by atoms with Gasteiger partial charge in [0.2, 0.25) is 5.88 Å². The van der Waals surface area contributed by atoms with E-state index in [0.717, 1.165) is 6.42 Å². The van der Waals surface area contributed by atoms with Gasteiger partial charge in [-0.3, -0.25) is 0 Å². The number of hydrogen-bond donors (Lipinski definition) is 1. The minimum absolute atomic E-state index is 0.312. The van der Waals surface area contributed by atoms with E-state index in [0.29, 0.717) is 30.5 Å². The van der Waals surface area contributed by atoms with Crippen molar-refractivity contribution in [2.45, 2.75) is 46.1 Å². The molecule has 0 radical (unpaired) electrons. The second kappa shape index (κ2) is 7.07. The summed E-state index contributed by atoms with van der Waals surface area (Å²) in [5.74, 6) is 1.32. The zero-order valence-electron chi connectivity index (χ0n) is 12.8. The number of nitrogens with zero attached hydrogens (tertiary/aromatic N) is 2. The third-order valence-electron chi connectivity index (χ3n) is 2.90. The molecule has 6 heteroatoms. The summed E-state index contributed by atoms with van der Waals surface area (Å²) in [4.78, 5) is 20.4. The molecule has 0 aliphatic carbocycles. The van der Waals surface area contributed by atoms with Crippen molar-refractivity contribution in [1.82, 2.24) is 9.97 Å². The van der Waals surface area contributed by atoms with Gasteiger partial charge in [0.1, 0.15) is 17.2 Å². The Bertz CT molecular complexity index is 465. The highest BCUT2D eigenvalue weighted by Gasteiger charge is 2.33. The van der Waals surface area contributed by atoms with Crippen LogP contribution in [0.3, 0.4) is 0 Å². The monoisotopic (exact) mass is 281 g/mol. The average molecular weight is 281 g/mol. The van der Waals surface area contributed by atoms with E-state index in [-0.39, 0.29) is 5.97 Å². The Hall–Kier alpha value is -1.85. The van der Waals surface area contributed by atoms with Gasteiger partial charge in [0.05, 0.1) is 13.7 Å². The number of anilines is 1. The molecule has 6 nitrogen and oxygen atoms in total. The first-order valence-corrected chi connectivity index (χ1v) is 6.80. The summed E-state index contributed by atoms with van der Waals surface area (Å²) in [5, 5.41) is 3.14. The summed E-state index contributed by atoms with van der Waals surface area (Å²) in [6.45, 7) is 8.02. The molecule has 112 valence electrons. The van der Waals surface area contributed by atoms with Gasteiger partial charge in [-0.1, -0.05) is 13.3 Å². The van der Waals surface area contributed by atoms with E-state index in [1.54, 1.807) is 19.9 Å². The first kappa shape index (κ1) is 16.2. The molecule has 20 heavy (non-hydrogen) atoms. The molecular formula is C14H23N3O3. The number of aromatic nitrogens is 2. The molecule has 1 rings (SSSR count). The lowest BCUT2D eigenvalue weighted by Gasteiger charge is -2.28. The highest BCUT2D eigenvalue weighted by Crippen LogP contribution is 2.22. The van der Waals surface area contributed by atoms with Crippen LogP contribution in [0.5, 0.6) is 5.88 Å². The lowest BCUT2D eigenvalue weighted by atomic mass is 9.96. The predicted octanol–water partition coefficient (Wildman–Crippen LogP) is 2.33. The fourth-order valence-electron chi connectivity index (χ4n) is 2.05. The third-order valence-corrected chi connectivity index (χ3v) is 2.90. The number of esters is 1. The molecule has 0 fully saturated rings. The van der Waals surface area contributed by atoms with Crippen LogP contribution in [-0.2, 0) is 9.53 Å². The van der Waals surface area contributed by atoms with Crippen LogP contribution in [0.1, 0.15) is 39.4 Å². The number of nitrogens with one attached hydrogen (secondary N) is 1. The molecule has 1 aromatic heterocycles. The van der Waals surface area contributed by atoms with Crippen LogP contribution in [0, 0.1) is 6.92 Å². The highest BCUT2D eigenvalue weighted by molar-refractivity contribution is 5.83. The minimum Gasteiger partial charge on any atom is -0.478 e. The van der Waals surface area contributed by atoms with Crippen molar-refractivity contribution in [2.24, 2.45) is 0 Å². The van der Waals surface area contributed by atoms with Gasteiger partial charge in [0, 0.05) is 6.07 Å². The number of methoxy groups -OCH3 is 1. The van der Waals surface area contributed by atoms with E-state index in [1.165, 1.54) is 7.11 Å². The molecule has 1 atom stereocenters. The van der Waals surface area contributed by atoms with Gasteiger partial charge in [-0.25, -0.2) is 9.78 Å². The fraction of sp³-hybridized carbons (Fsp3) is 0.643. The first-order valence-electron chi connectivity index (χ1n) is 6.80. The van der Waals surface area contributed by atoms with Gasteiger partial charge < -0.3 is 14.8 Å². The predicted molar refractivity (Wildman–Crippen MR) is 76.9 cm³/mol. The van der Waals surface area contributed by atoms with Crippen LogP contribution >= 0.6 is 0 Å². The highest BCUT2D eigenvalue weighted by atomic mass is 16.5. The zero-order chi connectivity index (χ0) is 15.2.